The number of hydrogen-bond donors (Lipinski definition) is 1. The standard InChI is InChI=1S/C24H31N5O2/c1-17(2)14-19(28-10-12-31-13-11-28)15-27-23(30)20-16-29(24-25-8-5-9-26-24)21-7-4-6-18(3)22(20)21/h4-9,16-17,19H,10-15H2,1-3H3,(H,27,30). The Labute approximate surface area is 183 Å². The summed E-state index contributed by atoms with van der Waals surface area (Å²) in [6.45, 7) is 10.5. The van der Waals surface area contributed by atoms with Gasteiger partial charge in [-0.1, -0.05) is 26.0 Å². The van der Waals surface area contributed by atoms with Gasteiger partial charge in [0.15, 0.2) is 0 Å². The molecule has 0 aliphatic carbocycles. The number of benzene rings is 1. The van der Waals surface area contributed by atoms with Crippen molar-refractivity contribution in [1.82, 2.24) is 24.8 Å². The Morgan fingerprint density at radius 2 is 1.90 bits per heavy atom. The second kappa shape index (κ2) is 9.58. The van der Waals surface area contributed by atoms with E-state index in [1.165, 1.54) is 0 Å². The molecule has 1 aliphatic rings. The van der Waals surface area contributed by atoms with E-state index in [0.717, 1.165) is 49.2 Å². The molecule has 0 saturated carbocycles. The lowest BCUT2D eigenvalue weighted by atomic mass is 10.0. The molecular weight excluding hydrogens is 390 g/mol. The molecule has 2 aromatic heterocycles. The van der Waals surface area contributed by atoms with Crippen molar-refractivity contribution in [1.29, 1.82) is 0 Å². The minimum absolute atomic E-state index is 0.0593. The minimum Gasteiger partial charge on any atom is -0.379 e. The predicted octanol–water partition coefficient (Wildman–Crippen LogP) is 3.21. The monoisotopic (exact) mass is 421 g/mol. The molecule has 1 saturated heterocycles. The largest absolute Gasteiger partial charge is 0.379 e. The van der Waals surface area contributed by atoms with Crippen molar-refractivity contribution in [2.45, 2.75) is 33.2 Å². The number of morpholine rings is 1. The van der Waals surface area contributed by atoms with Crippen LogP contribution in [0.4, 0.5) is 0 Å². The number of rotatable bonds is 7. The Morgan fingerprint density at radius 1 is 1.16 bits per heavy atom. The van der Waals surface area contributed by atoms with Crippen LogP contribution in [0.15, 0.2) is 42.9 Å². The van der Waals surface area contributed by atoms with Gasteiger partial charge in [-0.2, -0.15) is 0 Å². The van der Waals surface area contributed by atoms with E-state index in [-0.39, 0.29) is 5.91 Å². The van der Waals surface area contributed by atoms with Gasteiger partial charge in [0.2, 0.25) is 5.95 Å². The average molecular weight is 422 g/mol. The maximum absolute atomic E-state index is 13.3. The smallest absolute Gasteiger partial charge is 0.253 e. The Morgan fingerprint density at radius 3 is 2.61 bits per heavy atom. The highest BCUT2D eigenvalue weighted by Crippen LogP contribution is 2.27. The molecule has 7 nitrogen and oxygen atoms in total. The van der Waals surface area contributed by atoms with Crippen LogP contribution in [0.1, 0.15) is 36.2 Å². The van der Waals surface area contributed by atoms with Crippen molar-refractivity contribution < 1.29 is 9.53 Å². The van der Waals surface area contributed by atoms with Crippen LogP contribution in [0.2, 0.25) is 0 Å². The highest BCUT2D eigenvalue weighted by Gasteiger charge is 2.24. The van der Waals surface area contributed by atoms with Crippen molar-refractivity contribution in [2.24, 2.45) is 5.92 Å². The molecule has 3 heterocycles. The molecule has 1 aliphatic heterocycles. The summed E-state index contributed by atoms with van der Waals surface area (Å²) in [4.78, 5) is 24.5. The van der Waals surface area contributed by atoms with Crippen molar-refractivity contribution >= 4 is 16.8 Å². The SMILES string of the molecule is Cc1cccc2c1c(C(=O)NCC(CC(C)C)N1CCOCC1)cn2-c1ncccn1. The predicted molar refractivity (Wildman–Crippen MR) is 122 cm³/mol. The molecule has 1 amide bonds. The van der Waals surface area contributed by atoms with E-state index in [2.05, 4.69) is 34.0 Å². The molecular formula is C24H31N5O2. The normalized spacial score (nSPS) is 16.0. The number of fused-ring (bicyclic) bond motifs is 1. The first kappa shape index (κ1) is 21.5. The Hall–Kier alpha value is -2.77. The van der Waals surface area contributed by atoms with Crippen molar-refractivity contribution in [3.8, 4) is 5.95 Å². The Balaban J connectivity index is 1.60. The second-order valence-corrected chi connectivity index (χ2v) is 8.57. The fraction of sp³-hybridized carbons (Fsp3) is 0.458. The molecule has 1 aromatic carbocycles. The summed E-state index contributed by atoms with van der Waals surface area (Å²) in [6, 6.07) is 8.12. The van der Waals surface area contributed by atoms with Crippen LogP contribution in [-0.2, 0) is 4.74 Å². The molecule has 164 valence electrons. The molecule has 0 bridgehead atoms. The van der Waals surface area contributed by atoms with Crippen molar-refractivity contribution in [3.63, 3.8) is 0 Å². The number of aromatic nitrogens is 3. The average Bonchev–Trinajstić information content (AvgIpc) is 3.18. The quantitative estimate of drug-likeness (QED) is 0.634. The second-order valence-electron chi connectivity index (χ2n) is 8.57. The highest BCUT2D eigenvalue weighted by atomic mass is 16.5. The summed E-state index contributed by atoms with van der Waals surface area (Å²) in [7, 11) is 0. The molecule has 1 atom stereocenters. The number of carbonyl (C=O) groups is 1. The molecule has 4 rings (SSSR count). The number of hydrogen-bond acceptors (Lipinski definition) is 5. The van der Waals surface area contributed by atoms with E-state index in [0.29, 0.717) is 30.0 Å². The Kier molecular flexibility index (Phi) is 6.63. The zero-order valence-electron chi connectivity index (χ0n) is 18.5. The number of ether oxygens (including phenoxy) is 1. The summed E-state index contributed by atoms with van der Waals surface area (Å²) >= 11 is 0. The third-order valence-corrected chi connectivity index (χ3v) is 5.85. The molecule has 1 N–H and O–H groups in total. The Bertz CT molecular complexity index is 1030. The van der Waals surface area contributed by atoms with Gasteiger partial charge in [0, 0.05) is 49.7 Å². The molecule has 0 spiro atoms. The van der Waals surface area contributed by atoms with Crippen LogP contribution >= 0.6 is 0 Å². The van der Waals surface area contributed by atoms with Gasteiger partial charge in [-0.3, -0.25) is 14.3 Å². The van der Waals surface area contributed by atoms with Gasteiger partial charge in [-0.05, 0) is 37.0 Å². The van der Waals surface area contributed by atoms with E-state index in [4.69, 9.17) is 4.74 Å². The fourth-order valence-electron chi connectivity index (χ4n) is 4.37. The van der Waals surface area contributed by atoms with Gasteiger partial charge in [0.05, 0.1) is 24.3 Å². The van der Waals surface area contributed by atoms with Crippen LogP contribution in [0.3, 0.4) is 0 Å². The van der Waals surface area contributed by atoms with Crippen LogP contribution in [0.5, 0.6) is 0 Å². The van der Waals surface area contributed by atoms with Crippen LogP contribution in [0, 0.1) is 12.8 Å². The summed E-state index contributed by atoms with van der Waals surface area (Å²) in [5.74, 6) is 1.06. The van der Waals surface area contributed by atoms with Crippen LogP contribution in [-0.4, -0.2) is 64.2 Å². The van der Waals surface area contributed by atoms with E-state index >= 15 is 0 Å². The molecule has 7 heteroatoms. The summed E-state index contributed by atoms with van der Waals surface area (Å²) in [5.41, 5.74) is 2.65. The van der Waals surface area contributed by atoms with E-state index in [9.17, 15) is 4.79 Å². The first-order chi connectivity index (χ1) is 15.0. The first-order valence-electron chi connectivity index (χ1n) is 11.0. The number of nitrogens with zero attached hydrogens (tertiary/aromatic N) is 4. The fourth-order valence-corrected chi connectivity index (χ4v) is 4.37. The van der Waals surface area contributed by atoms with E-state index < -0.39 is 0 Å². The third kappa shape index (κ3) is 4.78. The number of nitrogens with one attached hydrogen (secondary N) is 1. The maximum atomic E-state index is 13.3. The summed E-state index contributed by atoms with van der Waals surface area (Å²) in [6.07, 6.45) is 6.32. The minimum atomic E-state index is -0.0593. The zero-order valence-corrected chi connectivity index (χ0v) is 18.5. The highest BCUT2D eigenvalue weighted by molar-refractivity contribution is 6.08. The van der Waals surface area contributed by atoms with E-state index in [1.54, 1.807) is 18.5 Å². The van der Waals surface area contributed by atoms with Crippen molar-refractivity contribution in [2.75, 3.05) is 32.8 Å². The molecule has 3 aromatic rings. The van der Waals surface area contributed by atoms with Gasteiger partial charge in [-0.15, -0.1) is 0 Å². The van der Waals surface area contributed by atoms with Crippen LogP contribution < -0.4 is 5.32 Å². The van der Waals surface area contributed by atoms with Gasteiger partial charge in [-0.25, -0.2) is 9.97 Å². The maximum Gasteiger partial charge on any atom is 0.253 e. The van der Waals surface area contributed by atoms with Gasteiger partial charge in [0.1, 0.15) is 0 Å². The van der Waals surface area contributed by atoms with E-state index in [1.807, 2.05) is 35.9 Å². The van der Waals surface area contributed by atoms with Gasteiger partial charge >= 0.3 is 0 Å². The lowest BCUT2D eigenvalue weighted by molar-refractivity contribution is 0.0124. The number of carbonyl (C=O) groups excluding carboxylic acids is 1. The lowest BCUT2D eigenvalue weighted by Gasteiger charge is -2.35. The zero-order chi connectivity index (χ0) is 21.8. The molecule has 1 unspecified atom stereocenters. The lowest BCUT2D eigenvalue weighted by Crippen LogP contribution is -2.49. The molecule has 31 heavy (non-hydrogen) atoms. The third-order valence-electron chi connectivity index (χ3n) is 5.85. The van der Waals surface area contributed by atoms with Gasteiger partial charge in [0.25, 0.3) is 5.91 Å². The van der Waals surface area contributed by atoms with Crippen LogP contribution in [0.25, 0.3) is 16.9 Å². The summed E-state index contributed by atoms with van der Waals surface area (Å²) < 4.78 is 7.41. The summed E-state index contributed by atoms with van der Waals surface area (Å²) in [5, 5.41) is 4.15. The first-order valence-corrected chi connectivity index (χ1v) is 11.0. The number of aryl methyl sites for hydroxylation is 1. The molecule has 0 radical (unpaired) electrons. The van der Waals surface area contributed by atoms with Crippen molar-refractivity contribution in [3.05, 3.63) is 54.0 Å². The molecule has 1 fully saturated rings. The number of amides is 1. The topological polar surface area (TPSA) is 72.3 Å². The van der Waals surface area contributed by atoms with Gasteiger partial charge < -0.3 is 10.1 Å².